The van der Waals surface area contributed by atoms with Crippen molar-refractivity contribution in [2.24, 2.45) is 11.7 Å². The van der Waals surface area contributed by atoms with Gasteiger partial charge in [-0.05, 0) is 37.0 Å². The molecule has 0 aromatic heterocycles. The molecular weight excluding hydrogens is 351 g/mol. The van der Waals surface area contributed by atoms with Gasteiger partial charge in [0.25, 0.3) is 0 Å². The van der Waals surface area contributed by atoms with Gasteiger partial charge in [0.1, 0.15) is 5.75 Å². The van der Waals surface area contributed by atoms with E-state index in [0.717, 1.165) is 6.42 Å². The molecule has 0 spiro atoms. The standard InChI is InChI=1S/C14H19BrF3NO2/c1-8(2)3-5-11(20)13(19)10-7-9(15)4-6-12(10)21-14(16,17)18/h4,6-8,11,13,20H,3,5,19H2,1-2H3/t11-,13+/m0/s1. The zero-order valence-electron chi connectivity index (χ0n) is 11.8. The summed E-state index contributed by atoms with van der Waals surface area (Å²) in [7, 11) is 0. The predicted octanol–water partition coefficient (Wildman–Crippen LogP) is 4.14. The number of hydrogen-bond acceptors (Lipinski definition) is 3. The van der Waals surface area contributed by atoms with Gasteiger partial charge in [-0.15, -0.1) is 13.2 Å². The smallest absolute Gasteiger partial charge is 0.405 e. The summed E-state index contributed by atoms with van der Waals surface area (Å²) in [5.41, 5.74) is 6.02. The second kappa shape index (κ2) is 7.47. The van der Waals surface area contributed by atoms with E-state index in [1.54, 1.807) is 0 Å². The van der Waals surface area contributed by atoms with Crippen molar-refractivity contribution in [3.05, 3.63) is 28.2 Å². The minimum Gasteiger partial charge on any atom is -0.405 e. The van der Waals surface area contributed by atoms with E-state index < -0.39 is 18.5 Å². The van der Waals surface area contributed by atoms with Crippen LogP contribution in [0.2, 0.25) is 0 Å². The summed E-state index contributed by atoms with van der Waals surface area (Å²) in [5, 5.41) is 10.1. The van der Waals surface area contributed by atoms with Crippen LogP contribution >= 0.6 is 15.9 Å². The van der Waals surface area contributed by atoms with Crippen molar-refractivity contribution in [1.29, 1.82) is 0 Å². The average molecular weight is 370 g/mol. The van der Waals surface area contributed by atoms with Crippen LogP contribution in [-0.2, 0) is 0 Å². The zero-order chi connectivity index (χ0) is 16.2. The molecule has 0 aliphatic heterocycles. The highest BCUT2D eigenvalue weighted by molar-refractivity contribution is 9.10. The summed E-state index contributed by atoms with van der Waals surface area (Å²) < 4.78 is 41.8. The number of benzene rings is 1. The van der Waals surface area contributed by atoms with Crippen molar-refractivity contribution in [1.82, 2.24) is 0 Å². The Balaban J connectivity index is 2.95. The fourth-order valence-electron chi connectivity index (χ4n) is 1.89. The quantitative estimate of drug-likeness (QED) is 0.791. The third kappa shape index (κ3) is 6.23. The van der Waals surface area contributed by atoms with Crippen molar-refractivity contribution in [2.75, 3.05) is 0 Å². The molecule has 0 bridgehead atoms. The van der Waals surface area contributed by atoms with Gasteiger partial charge in [0, 0.05) is 10.0 Å². The second-order valence-corrected chi connectivity index (χ2v) is 6.21. The van der Waals surface area contributed by atoms with Gasteiger partial charge in [-0.2, -0.15) is 0 Å². The van der Waals surface area contributed by atoms with Crippen LogP contribution in [0, 0.1) is 5.92 Å². The molecule has 120 valence electrons. The largest absolute Gasteiger partial charge is 0.573 e. The van der Waals surface area contributed by atoms with Crippen LogP contribution in [0.1, 0.15) is 38.3 Å². The van der Waals surface area contributed by atoms with E-state index in [0.29, 0.717) is 16.8 Å². The maximum absolute atomic E-state index is 12.4. The van der Waals surface area contributed by atoms with Crippen LogP contribution in [0.15, 0.2) is 22.7 Å². The van der Waals surface area contributed by atoms with E-state index in [4.69, 9.17) is 5.73 Å². The highest BCUT2D eigenvalue weighted by atomic mass is 79.9. The first-order valence-corrected chi connectivity index (χ1v) is 7.38. The molecular formula is C14H19BrF3NO2. The number of halogens is 4. The molecule has 3 nitrogen and oxygen atoms in total. The Morgan fingerprint density at radius 3 is 2.43 bits per heavy atom. The van der Waals surface area contributed by atoms with E-state index in [9.17, 15) is 18.3 Å². The predicted molar refractivity (Wildman–Crippen MR) is 77.8 cm³/mol. The molecule has 1 rings (SSSR count). The lowest BCUT2D eigenvalue weighted by Gasteiger charge is -2.23. The van der Waals surface area contributed by atoms with E-state index in [2.05, 4.69) is 20.7 Å². The SMILES string of the molecule is CC(C)CC[C@H](O)[C@H](N)c1cc(Br)ccc1OC(F)(F)F. The van der Waals surface area contributed by atoms with Gasteiger partial charge in [0.2, 0.25) is 0 Å². The molecule has 0 saturated carbocycles. The number of alkyl halides is 3. The van der Waals surface area contributed by atoms with Crippen LogP contribution in [0.25, 0.3) is 0 Å². The number of hydrogen-bond donors (Lipinski definition) is 2. The van der Waals surface area contributed by atoms with Crippen LogP contribution < -0.4 is 10.5 Å². The summed E-state index contributed by atoms with van der Waals surface area (Å²) >= 11 is 3.18. The maximum Gasteiger partial charge on any atom is 0.573 e. The third-order valence-electron chi connectivity index (χ3n) is 3.01. The molecule has 0 amide bonds. The Morgan fingerprint density at radius 1 is 1.29 bits per heavy atom. The van der Waals surface area contributed by atoms with Gasteiger partial charge in [-0.1, -0.05) is 29.8 Å². The van der Waals surface area contributed by atoms with Crippen LogP contribution in [0.3, 0.4) is 0 Å². The zero-order valence-corrected chi connectivity index (χ0v) is 13.4. The summed E-state index contributed by atoms with van der Waals surface area (Å²) in [6.07, 6.45) is -4.59. The number of rotatable bonds is 6. The van der Waals surface area contributed by atoms with Crippen molar-refractivity contribution >= 4 is 15.9 Å². The molecule has 0 heterocycles. The number of ether oxygens (including phenoxy) is 1. The molecule has 7 heteroatoms. The van der Waals surface area contributed by atoms with Crippen LogP contribution in [0.5, 0.6) is 5.75 Å². The first-order chi connectivity index (χ1) is 9.60. The average Bonchev–Trinajstić information content (AvgIpc) is 2.35. The highest BCUT2D eigenvalue weighted by Gasteiger charge is 2.33. The molecule has 0 aliphatic carbocycles. The molecule has 21 heavy (non-hydrogen) atoms. The molecule has 0 unspecified atom stereocenters. The Kier molecular flexibility index (Phi) is 6.49. The molecule has 2 atom stereocenters. The lowest BCUT2D eigenvalue weighted by atomic mass is 9.95. The van der Waals surface area contributed by atoms with Gasteiger partial charge in [-0.3, -0.25) is 0 Å². The van der Waals surface area contributed by atoms with Gasteiger partial charge >= 0.3 is 6.36 Å². The molecule has 0 aliphatic rings. The lowest BCUT2D eigenvalue weighted by molar-refractivity contribution is -0.275. The molecule has 1 aromatic rings. The minimum atomic E-state index is -4.80. The van der Waals surface area contributed by atoms with Gasteiger partial charge in [0.15, 0.2) is 0 Å². The fraction of sp³-hybridized carbons (Fsp3) is 0.571. The summed E-state index contributed by atoms with van der Waals surface area (Å²) in [6.45, 7) is 3.99. The topological polar surface area (TPSA) is 55.5 Å². The Hall–Kier alpha value is -0.790. The van der Waals surface area contributed by atoms with Crippen LogP contribution in [0.4, 0.5) is 13.2 Å². The second-order valence-electron chi connectivity index (χ2n) is 5.29. The molecule has 0 saturated heterocycles. The van der Waals surface area contributed by atoms with Crippen molar-refractivity contribution in [3.8, 4) is 5.75 Å². The van der Waals surface area contributed by atoms with E-state index in [1.165, 1.54) is 18.2 Å². The monoisotopic (exact) mass is 369 g/mol. The Morgan fingerprint density at radius 2 is 1.90 bits per heavy atom. The molecule has 0 radical (unpaired) electrons. The maximum atomic E-state index is 12.4. The molecule has 0 fully saturated rings. The van der Waals surface area contributed by atoms with E-state index in [-0.39, 0.29) is 11.3 Å². The Labute approximate surface area is 130 Å². The summed E-state index contributed by atoms with van der Waals surface area (Å²) in [6, 6.07) is 3.10. The number of aliphatic hydroxyl groups excluding tert-OH is 1. The lowest BCUT2D eigenvalue weighted by Crippen LogP contribution is -2.28. The number of nitrogens with two attached hydrogens (primary N) is 1. The van der Waals surface area contributed by atoms with Gasteiger partial charge in [-0.25, -0.2) is 0 Å². The first kappa shape index (κ1) is 18.3. The fourth-order valence-corrected chi connectivity index (χ4v) is 2.27. The summed E-state index contributed by atoms with van der Waals surface area (Å²) in [5.74, 6) is -0.0120. The Bertz CT molecular complexity index is 466. The highest BCUT2D eigenvalue weighted by Crippen LogP contribution is 2.33. The van der Waals surface area contributed by atoms with E-state index >= 15 is 0 Å². The van der Waals surface area contributed by atoms with Gasteiger partial charge < -0.3 is 15.6 Å². The van der Waals surface area contributed by atoms with Crippen LogP contribution in [-0.4, -0.2) is 17.6 Å². The van der Waals surface area contributed by atoms with Crippen molar-refractivity contribution in [2.45, 2.75) is 45.2 Å². The van der Waals surface area contributed by atoms with Gasteiger partial charge in [0.05, 0.1) is 12.1 Å². The van der Waals surface area contributed by atoms with Crippen molar-refractivity contribution in [3.63, 3.8) is 0 Å². The molecule has 1 aromatic carbocycles. The third-order valence-corrected chi connectivity index (χ3v) is 3.50. The van der Waals surface area contributed by atoms with E-state index in [1.807, 2.05) is 13.8 Å². The molecule has 3 N–H and O–H groups in total. The van der Waals surface area contributed by atoms with Crippen molar-refractivity contribution < 1.29 is 23.0 Å². The minimum absolute atomic E-state index is 0.123. The first-order valence-electron chi connectivity index (χ1n) is 6.59. The number of aliphatic hydroxyl groups is 1. The normalized spacial score (nSPS) is 15.1. The summed E-state index contributed by atoms with van der Waals surface area (Å²) in [4.78, 5) is 0.